The Labute approximate surface area is 181 Å². The van der Waals surface area contributed by atoms with Gasteiger partial charge in [-0.25, -0.2) is 4.98 Å². The third-order valence-corrected chi connectivity index (χ3v) is 5.04. The third kappa shape index (κ3) is 5.22. The average molecular weight is 415 g/mol. The Hall–Kier alpha value is -3.80. The molecule has 1 amide bonds. The number of rotatable bonds is 9. The molecule has 0 saturated carbocycles. The van der Waals surface area contributed by atoms with E-state index in [2.05, 4.69) is 10.3 Å². The number of methoxy groups -OCH3 is 1. The molecule has 6 nitrogen and oxygen atoms in total. The fourth-order valence-corrected chi connectivity index (χ4v) is 3.41. The first-order chi connectivity index (χ1) is 15.2. The molecule has 3 aromatic carbocycles. The lowest BCUT2D eigenvalue weighted by Crippen LogP contribution is -2.30. The zero-order chi connectivity index (χ0) is 21.5. The van der Waals surface area contributed by atoms with Crippen molar-refractivity contribution in [1.29, 1.82) is 0 Å². The summed E-state index contributed by atoms with van der Waals surface area (Å²) >= 11 is 0. The Morgan fingerprint density at radius 1 is 0.935 bits per heavy atom. The topological polar surface area (TPSA) is 65.4 Å². The van der Waals surface area contributed by atoms with Crippen LogP contribution in [0.25, 0.3) is 11.0 Å². The van der Waals surface area contributed by atoms with Gasteiger partial charge in [-0.15, -0.1) is 0 Å². The number of benzene rings is 3. The number of fused-ring (bicyclic) bond motifs is 1. The van der Waals surface area contributed by atoms with Gasteiger partial charge in [-0.3, -0.25) is 4.79 Å². The summed E-state index contributed by atoms with van der Waals surface area (Å²) in [4.78, 5) is 17.3. The van der Waals surface area contributed by atoms with Crippen LogP contribution in [0.3, 0.4) is 0 Å². The summed E-state index contributed by atoms with van der Waals surface area (Å²) in [7, 11) is 1.65. The molecule has 0 aliphatic carbocycles. The summed E-state index contributed by atoms with van der Waals surface area (Å²) in [5, 5.41) is 3.00. The third-order valence-electron chi connectivity index (χ3n) is 5.04. The Morgan fingerprint density at radius 2 is 1.68 bits per heavy atom. The number of hydrogen-bond donors (Lipinski definition) is 1. The summed E-state index contributed by atoms with van der Waals surface area (Å²) in [6, 6.07) is 25.3. The average Bonchev–Trinajstić information content (AvgIpc) is 3.16. The summed E-state index contributed by atoms with van der Waals surface area (Å²) in [5.74, 6) is 2.25. The van der Waals surface area contributed by atoms with Crippen molar-refractivity contribution in [3.63, 3.8) is 0 Å². The van der Waals surface area contributed by atoms with Crippen molar-refractivity contribution in [3.8, 4) is 11.5 Å². The first-order valence-electron chi connectivity index (χ1n) is 10.2. The molecular weight excluding hydrogens is 390 g/mol. The van der Waals surface area contributed by atoms with Crippen LogP contribution in [0.5, 0.6) is 11.5 Å². The van der Waals surface area contributed by atoms with Gasteiger partial charge in [0.1, 0.15) is 30.5 Å². The zero-order valence-electron chi connectivity index (χ0n) is 17.5. The van der Waals surface area contributed by atoms with E-state index >= 15 is 0 Å². The van der Waals surface area contributed by atoms with Crippen molar-refractivity contribution >= 4 is 16.9 Å². The fraction of sp³-hybridized carbons (Fsp3) is 0.200. The van der Waals surface area contributed by atoms with E-state index in [1.54, 1.807) is 7.11 Å². The van der Waals surface area contributed by atoms with E-state index in [0.29, 0.717) is 6.54 Å². The predicted molar refractivity (Wildman–Crippen MR) is 120 cm³/mol. The van der Waals surface area contributed by atoms with E-state index < -0.39 is 0 Å². The number of nitrogens with zero attached hydrogens (tertiary/aromatic N) is 2. The van der Waals surface area contributed by atoms with Crippen LogP contribution in [-0.4, -0.2) is 29.1 Å². The smallest absolute Gasteiger partial charge is 0.240 e. The molecule has 1 aromatic heterocycles. The maximum absolute atomic E-state index is 12.7. The van der Waals surface area contributed by atoms with Crippen LogP contribution in [0.4, 0.5) is 0 Å². The minimum absolute atomic E-state index is 0.0578. The Kier molecular flexibility index (Phi) is 6.47. The molecule has 6 heteroatoms. The van der Waals surface area contributed by atoms with Crippen LogP contribution in [0.15, 0.2) is 78.9 Å². The second-order valence-corrected chi connectivity index (χ2v) is 7.15. The molecule has 0 aliphatic heterocycles. The monoisotopic (exact) mass is 415 g/mol. The minimum atomic E-state index is -0.0578. The molecule has 0 radical (unpaired) electrons. The van der Waals surface area contributed by atoms with Crippen molar-refractivity contribution in [2.45, 2.75) is 19.6 Å². The van der Waals surface area contributed by atoms with E-state index in [-0.39, 0.29) is 19.1 Å². The van der Waals surface area contributed by atoms with E-state index in [9.17, 15) is 4.79 Å². The number of nitrogens with one attached hydrogen (secondary N) is 1. The van der Waals surface area contributed by atoms with Crippen LogP contribution in [0.2, 0.25) is 0 Å². The van der Waals surface area contributed by atoms with Gasteiger partial charge in [-0.05, 0) is 48.4 Å². The van der Waals surface area contributed by atoms with E-state index in [0.717, 1.165) is 40.3 Å². The lowest BCUT2D eigenvalue weighted by atomic mass is 10.1. The summed E-state index contributed by atoms with van der Waals surface area (Å²) < 4.78 is 13.0. The van der Waals surface area contributed by atoms with Gasteiger partial charge in [0.15, 0.2) is 0 Å². The quantitative estimate of drug-likeness (QED) is 0.449. The van der Waals surface area contributed by atoms with Gasteiger partial charge in [0.25, 0.3) is 0 Å². The Bertz CT molecular complexity index is 1140. The van der Waals surface area contributed by atoms with E-state index in [1.165, 1.54) is 0 Å². The number of para-hydroxylation sites is 3. The highest BCUT2D eigenvalue weighted by molar-refractivity contribution is 5.81. The number of carbonyl (C=O) groups is 1. The standard InChI is InChI=1S/C25H25N3O3/c1-30-20-13-11-19(12-14-20)15-16-26-25(29)17-28-23-10-6-5-9-22(23)27-24(28)18-31-21-7-3-2-4-8-21/h2-14H,15-18H2,1H3,(H,26,29). The predicted octanol–water partition coefficient (Wildman–Crippen LogP) is 3.98. The van der Waals surface area contributed by atoms with E-state index in [4.69, 9.17) is 9.47 Å². The number of imidazole rings is 1. The van der Waals surface area contributed by atoms with Crippen molar-refractivity contribution in [1.82, 2.24) is 14.9 Å². The molecular formula is C25H25N3O3. The molecule has 0 bridgehead atoms. The molecule has 0 unspecified atom stereocenters. The molecule has 0 aliphatic rings. The minimum Gasteiger partial charge on any atom is -0.497 e. The lowest BCUT2D eigenvalue weighted by molar-refractivity contribution is -0.121. The molecule has 0 fully saturated rings. The highest BCUT2D eigenvalue weighted by atomic mass is 16.5. The van der Waals surface area contributed by atoms with Gasteiger partial charge in [0, 0.05) is 6.54 Å². The molecule has 4 aromatic rings. The van der Waals surface area contributed by atoms with Gasteiger partial charge in [0.2, 0.25) is 5.91 Å². The van der Waals surface area contributed by atoms with Crippen molar-refractivity contribution in [3.05, 3.63) is 90.3 Å². The maximum Gasteiger partial charge on any atom is 0.240 e. The van der Waals surface area contributed by atoms with Crippen LogP contribution < -0.4 is 14.8 Å². The fourth-order valence-electron chi connectivity index (χ4n) is 3.41. The highest BCUT2D eigenvalue weighted by Crippen LogP contribution is 2.18. The van der Waals surface area contributed by atoms with Crippen LogP contribution >= 0.6 is 0 Å². The SMILES string of the molecule is COc1ccc(CCNC(=O)Cn2c(COc3ccccc3)nc3ccccc32)cc1. The van der Waals surface area contributed by atoms with Crippen molar-refractivity contribution in [2.75, 3.05) is 13.7 Å². The van der Waals surface area contributed by atoms with Crippen molar-refractivity contribution < 1.29 is 14.3 Å². The molecule has 0 atom stereocenters. The molecule has 4 rings (SSSR count). The molecule has 31 heavy (non-hydrogen) atoms. The van der Waals surface area contributed by atoms with Gasteiger partial charge in [-0.2, -0.15) is 0 Å². The molecule has 0 spiro atoms. The largest absolute Gasteiger partial charge is 0.497 e. The van der Waals surface area contributed by atoms with Gasteiger partial charge in [-0.1, -0.05) is 42.5 Å². The summed E-state index contributed by atoms with van der Waals surface area (Å²) in [6.07, 6.45) is 0.754. The number of aromatic nitrogens is 2. The number of hydrogen-bond acceptors (Lipinski definition) is 4. The summed E-state index contributed by atoms with van der Waals surface area (Å²) in [6.45, 7) is 1.04. The highest BCUT2D eigenvalue weighted by Gasteiger charge is 2.14. The molecule has 1 N–H and O–H groups in total. The van der Waals surface area contributed by atoms with Gasteiger partial charge < -0.3 is 19.4 Å². The molecule has 1 heterocycles. The van der Waals surface area contributed by atoms with Gasteiger partial charge >= 0.3 is 0 Å². The van der Waals surface area contributed by atoms with Crippen LogP contribution in [-0.2, 0) is 24.4 Å². The van der Waals surface area contributed by atoms with Crippen LogP contribution in [0, 0.1) is 0 Å². The first kappa shape index (κ1) is 20.5. The lowest BCUT2D eigenvalue weighted by Gasteiger charge is -2.11. The number of carbonyl (C=O) groups excluding carboxylic acids is 1. The zero-order valence-corrected chi connectivity index (χ0v) is 17.5. The van der Waals surface area contributed by atoms with Gasteiger partial charge in [0.05, 0.1) is 18.1 Å². The summed E-state index contributed by atoms with van der Waals surface area (Å²) in [5.41, 5.74) is 2.91. The molecule has 158 valence electrons. The second kappa shape index (κ2) is 9.80. The normalized spacial score (nSPS) is 10.7. The second-order valence-electron chi connectivity index (χ2n) is 7.15. The Balaban J connectivity index is 1.40. The van der Waals surface area contributed by atoms with Crippen molar-refractivity contribution in [2.24, 2.45) is 0 Å². The Morgan fingerprint density at radius 3 is 2.45 bits per heavy atom. The maximum atomic E-state index is 12.7. The number of amides is 1. The van der Waals surface area contributed by atoms with Crippen LogP contribution in [0.1, 0.15) is 11.4 Å². The number of ether oxygens (including phenoxy) is 2. The van der Waals surface area contributed by atoms with E-state index in [1.807, 2.05) is 83.4 Å². The molecule has 0 saturated heterocycles. The first-order valence-corrected chi connectivity index (χ1v) is 10.2.